The van der Waals surface area contributed by atoms with Gasteiger partial charge in [0.15, 0.2) is 0 Å². The van der Waals surface area contributed by atoms with Gasteiger partial charge >= 0.3 is 0 Å². The second kappa shape index (κ2) is 11.6. The highest BCUT2D eigenvalue weighted by molar-refractivity contribution is 6.09. The third-order valence-electron chi connectivity index (χ3n) is 9.31. The zero-order valence-electron chi connectivity index (χ0n) is 25.8. The SMILES string of the molecule is CC1(c2ccccc2)c2ccccc2N(c2cccc(-n3c4ccccc4c4ccccc43)c2)c2ccccc21.c1ccccc1. The molecule has 1 aromatic heterocycles. The standard InChI is InChI=1S/C38H28N2.C6H6/c1-38(27-14-3-2-4-15-27)32-20-7-11-24-36(32)40(37-25-12-8-21-33(37)38)29-17-13-16-28(26-29)39-34-22-9-5-18-30(34)31-19-6-10-23-35(31)39;1-2-4-6-5-3-1/h2-26H,1H3;1-6H. The second-order valence-corrected chi connectivity index (χ2v) is 11.9. The smallest absolute Gasteiger partial charge is 0.0541 e. The number of fused-ring (bicyclic) bond motifs is 5. The van der Waals surface area contributed by atoms with E-state index in [4.69, 9.17) is 0 Å². The van der Waals surface area contributed by atoms with Gasteiger partial charge in [0.25, 0.3) is 0 Å². The largest absolute Gasteiger partial charge is 0.310 e. The van der Waals surface area contributed by atoms with Crippen LogP contribution in [0.25, 0.3) is 27.5 Å². The van der Waals surface area contributed by atoms with Crippen molar-refractivity contribution in [1.82, 2.24) is 4.57 Å². The molecule has 0 fully saturated rings. The van der Waals surface area contributed by atoms with Gasteiger partial charge in [-0.1, -0.05) is 146 Å². The molecule has 46 heavy (non-hydrogen) atoms. The number of aromatic nitrogens is 1. The molecule has 0 N–H and O–H groups in total. The van der Waals surface area contributed by atoms with E-state index in [0.29, 0.717) is 0 Å². The lowest BCUT2D eigenvalue weighted by Gasteiger charge is -2.44. The Balaban J connectivity index is 0.000000470. The molecule has 8 aromatic rings. The molecule has 0 spiro atoms. The van der Waals surface area contributed by atoms with Crippen molar-refractivity contribution in [3.8, 4) is 5.69 Å². The number of anilines is 3. The number of hydrogen-bond acceptors (Lipinski definition) is 1. The molecule has 0 saturated heterocycles. The van der Waals surface area contributed by atoms with E-state index >= 15 is 0 Å². The molecule has 0 unspecified atom stereocenters. The lowest BCUT2D eigenvalue weighted by molar-refractivity contribution is 0.681. The Morgan fingerprint density at radius 2 is 0.826 bits per heavy atom. The summed E-state index contributed by atoms with van der Waals surface area (Å²) in [5.41, 5.74) is 10.8. The van der Waals surface area contributed by atoms with Crippen molar-refractivity contribution in [1.29, 1.82) is 0 Å². The van der Waals surface area contributed by atoms with E-state index in [1.165, 1.54) is 49.9 Å². The molecule has 7 aromatic carbocycles. The van der Waals surface area contributed by atoms with E-state index in [1.807, 2.05) is 36.4 Å². The van der Waals surface area contributed by atoms with Crippen molar-refractivity contribution in [2.75, 3.05) is 4.90 Å². The van der Waals surface area contributed by atoms with Crippen LogP contribution in [-0.2, 0) is 5.41 Å². The van der Waals surface area contributed by atoms with Gasteiger partial charge in [-0.3, -0.25) is 0 Å². The molecular formula is C44H34N2. The molecule has 0 aliphatic carbocycles. The Morgan fingerprint density at radius 1 is 0.391 bits per heavy atom. The molecule has 0 atom stereocenters. The van der Waals surface area contributed by atoms with Crippen molar-refractivity contribution >= 4 is 38.9 Å². The second-order valence-electron chi connectivity index (χ2n) is 11.9. The maximum atomic E-state index is 2.44. The van der Waals surface area contributed by atoms with Crippen LogP contribution in [0.15, 0.2) is 188 Å². The Morgan fingerprint density at radius 3 is 1.39 bits per heavy atom. The van der Waals surface area contributed by atoms with Crippen LogP contribution in [0.2, 0.25) is 0 Å². The summed E-state index contributed by atoms with van der Waals surface area (Å²) in [4.78, 5) is 2.44. The Kier molecular flexibility index (Phi) is 6.96. The average molecular weight is 591 g/mol. The molecule has 1 aliphatic heterocycles. The van der Waals surface area contributed by atoms with Crippen LogP contribution in [-0.4, -0.2) is 4.57 Å². The van der Waals surface area contributed by atoms with Gasteiger partial charge in [0.05, 0.1) is 22.4 Å². The Hall–Kier alpha value is -5.86. The molecule has 0 bridgehead atoms. The van der Waals surface area contributed by atoms with Gasteiger partial charge in [0.2, 0.25) is 0 Å². The monoisotopic (exact) mass is 590 g/mol. The van der Waals surface area contributed by atoms with Crippen molar-refractivity contribution in [3.05, 3.63) is 205 Å². The van der Waals surface area contributed by atoms with Gasteiger partial charge in [0.1, 0.15) is 0 Å². The van der Waals surface area contributed by atoms with Crippen LogP contribution in [0.3, 0.4) is 0 Å². The lowest BCUT2D eigenvalue weighted by Crippen LogP contribution is -2.34. The van der Waals surface area contributed by atoms with E-state index in [-0.39, 0.29) is 5.41 Å². The fourth-order valence-corrected chi connectivity index (χ4v) is 7.18. The van der Waals surface area contributed by atoms with Gasteiger partial charge in [-0.25, -0.2) is 0 Å². The Bertz CT molecular complexity index is 2150. The molecule has 220 valence electrons. The van der Waals surface area contributed by atoms with Gasteiger partial charge in [-0.15, -0.1) is 0 Å². The summed E-state index contributed by atoms with van der Waals surface area (Å²) >= 11 is 0. The highest BCUT2D eigenvalue weighted by Gasteiger charge is 2.41. The van der Waals surface area contributed by atoms with Crippen LogP contribution < -0.4 is 4.90 Å². The predicted molar refractivity (Wildman–Crippen MR) is 194 cm³/mol. The fraction of sp³-hybridized carbons (Fsp3) is 0.0455. The van der Waals surface area contributed by atoms with Crippen molar-refractivity contribution < 1.29 is 0 Å². The van der Waals surface area contributed by atoms with Crippen LogP contribution in [0, 0.1) is 0 Å². The number of para-hydroxylation sites is 4. The number of nitrogens with zero attached hydrogens (tertiary/aromatic N) is 2. The molecule has 0 radical (unpaired) electrons. The zero-order chi connectivity index (χ0) is 30.9. The molecule has 9 rings (SSSR count). The Labute approximate surface area is 270 Å². The number of benzene rings is 7. The van der Waals surface area contributed by atoms with Crippen LogP contribution >= 0.6 is 0 Å². The van der Waals surface area contributed by atoms with E-state index in [2.05, 4.69) is 168 Å². The van der Waals surface area contributed by atoms with Crippen molar-refractivity contribution in [2.24, 2.45) is 0 Å². The first kappa shape index (κ1) is 27.7. The summed E-state index contributed by atoms with van der Waals surface area (Å²) in [6, 6.07) is 67.0. The van der Waals surface area contributed by atoms with E-state index in [0.717, 1.165) is 11.4 Å². The van der Waals surface area contributed by atoms with Crippen LogP contribution in [0.5, 0.6) is 0 Å². The molecule has 1 aliphatic rings. The number of hydrogen-bond donors (Lipinski definition) is 0. The normalized spacial score (nSPS) is 13.0. The van der Waals surface area contributed by atoms with E-state index < -0.39 is 0 Å². The molecule has 0 amide bonds. The maximum absolute atomic E-state index is 2.44. The van der Waals surface area contributed by atoms with Gasteiger partial charge in [0, 0.05) is 27.6 Å². The summed E-state index contributed by atoms with van der Waals surface area (Å²) in [7, 11) is 0. The third kappa shape index (κ3) is 4.50. The predicted octanol–water partition coefficient (Wildman–Crippen LogP) is 11.6. The highest BCUT2D eigenvalue weighted by atomic mass is 15.2. The van der Waals surface area contributed by atoms with Crippen LogP contribution in [0.1, 0.15) is 23.6 Å². The van der Waals surface area contributed by atoms with Crippen molar-refractivity contribution in [3.63, 3.8) is 0 Å². The average Bonchev–Trinajstić information content (AvgIpc) is 3.48. The summed E-state index contributed by atoms with van der Waals surface area (Å²) in [5, 5.41) is 2.55. The third-order valence-corrected chi connectivity index (χ3v) is 9.31. The summed E-state index contributed by atoms with van der Waals surface area (Å²) in [5.74, 6) is 0. The lowest BCUT2D eigenvalue weighted by atomic mass is 9.67. The van der Waals surface area contributed by atoms with Gasteiger partial charge in [-0.05, 0) is 66.1 Å². The minimum Gasteiger partial charge on any atom is -0.310 e. The van der Waals surface area contributed by atoms with Crippen molar-refractivity contribution in [2.45, 2.75) is 12.3 Å². The first-order valence-corrected chi connectivity index (χ1v) is 15.9. The minimum atomic E-state index is -0.268. The van der Waals surface area contributed by atoms with Crippen LogP contribution in [0.4, 0.5) is 17.1 Å². The first-order chi connectivity index (χ1) is 22.7. The van der Waals surface area contributed by atoms with E-state index in [9.17, 15) is 0 Å². The molecule has 2 heteroatoms. The van der Waals surface area contributed by atoms with Gasteiger partial charge < -0.3 is 9.47 Å². The molecule has 2 nitrogen and oxygen atoms in total. The quantitative estimate of drug-likeness (QED) is 0.199. The first-order valence-electron chi connectivity index (χ1n) is 15.9. The molecule has 0 saturated carbocycles. The fourth-order valence-electron chi connectivity index (χ4n) is 7.18. The molecular weight excluding hydrogens is 556 g/mol. The summed E-state index contributed by atoms with van der Waals surface area (Å²) in [6.07, 6.45) is 0. The zero-order valence-corrected chi connectivity index (χ0v) is 25.8. The van der Waals surface area contributed by atoms with Gasteiger partial charge in [-0.2, -0.15) is 0 Å². The highest BCUT2D eigenvalue weighted by Crippen LogP contribution is 2.54. The number of rotatable bonds is 3. The maximum Gasteiger partial charge on any atom is 0.0541 e. The summed E-state index contributed by atoms with van der Waals surface area (Å²) < 4.78 is 2.39. The minimum absolute atomic E-state index is 0.268. The summed E-state index contributed by atoms with van der Waals surface area (Å²) in [6.45, 7) is 2.37. The van der Waals surface area contributed by atoms with E-state index in [1.54, 1.807) is 0 Å². The topological polar surface area (TPSA) is 8.17 Å². The molecule has 2 heterocycles.